The highest BCUT2D eigenvalue weighted by atomic mass is 127. The minimum absolute atomic E-state index is 1.05. The second-order valence-electron chi connectivity index (χ2n) is 3.79. The smallest absolute Gasteiger partial charge is 0.0208 e. The van der Waals surface area contributed by atoms with E-state index in [1.165, 1.54) is 9.13 Å². The van der Waals surface area contributed by atoms with Crippen LogP contribution in [0, 0.1) is 3.57 Å². The van der Waals surface area contributed by atoms with Gasteiger partial charge in [0.1, 0.15) is 0 Å². The maximum absolute atomic E-state index is 4.19. The number of hydrogen-bond donors (Lipinski definition) is 0. The Hall–Kier alpha value is -1.35. The van der Waals surface area contributed by atoms with E-state index >= 15 is 0 Å². The van der Waals surface area contributed by atoms with E-state index in [0.29, 0.717) is 0 Å². The molecule has 0 saturated heterocycles. The molecule has 0 N–H and O–H groups in total. The first-order chi connectivity index (χ1) is 8.22. The van der Waals surface area contributed by atoms with Crippen LogP contribution >= 0.6 is 22.6 Å². The van der Waals surface area contributed by atoms with Crippen LogP contribution in [-0.4, -0.2) is 0 Å². The van der Waals surface area contributed by atoms with Crippen molar-refractivity contribution in [3.8, 4) is 0 Å². The molecule has 0 unspecified atom stereocenters. The first-order valence-corrected chi connectivity index (χ1v) is 6.47. The Kier molecular flexibility index (Phi) is 3.79. The van der Waals surface area contributed by atoms with Crippen LogP contribution in [0.3, 0.4) is 0 Å². The molecule has 0 spiro atoms. The third kappa shape index (κ3) is 2.67. The zero-order valence-electron chi connectivity index (χ0n) is 9.49. The van der Waals surface area contributed by atoms with E-state index in [1.54, 1.807) is 0 Å². The Labute approximate surface area is 116 Å². The van der Waals surface area contributed by atoms with Crippen molar-refractivity contribution in [3.05, 3.63) is 81.9 Å². The molecule has 0 aromatic heterocycles. The summed E-state index contributed by atoms with van der Waals surface area (Å²) in [6.07, 6.45) is 1.85. The van der Waals surface area contributed by atoms with E-state index in [-0.39, 0.29) is 0 Å². The van der Waals surface area contributed by atoms with Crippen LogP contribution in [0.5, 0.6) is 0 Å². The highest BCUT2D eigenvalue weighted by molar-refractivity contribution is 14.1. The van der Waals surface area contributed by atoms with Crippen molar-refractivity contribution in [1.29, 1.82) is 0 Å². The lowest BCUT2D eigenvalue weighted by Crippen LogP contribution is -1.90. The molecule has 2 aromatic carbocycles. The molecule has 0 aliphatic rings. The summed E-state index contributed by atoms with van der Waals surface area (Å²) in [7, 11) is 0. The van der Waals surface area contributed by atoms with E-state index in [1.807, 2.05) is 30.3 Å². The van der Waals surface area contributed by atoms with Crippen molar-refractivity contribution in [2.24, 2.45) is 0 Å². The molecular weight excluding hydrogens is 319 g/mol. The Morgan fingerprint density at radius 2 is 1.82 bits per heavy atom. The monoisotopic (exact) mass is 332 g/mol. The third-order valence-electron chi connectivity index (χ3n) is 2.67. The Bertz CT molecular complexity index is 567. The molecule has 84 valence electrons. The highest BCUT2D eigenvalue weighted by Gasteiger charge is 2.05. The molecule has 2 aromatic rings. The van der Waals surface area contributed by atoms with Gasteiger partial charge in [-0.25, -0.2) is 0 Å². The largest absolute Gasteiger partial charge is 0.0985 e. The van der Waals surface area contributed by atoms with E-state index in [2.05, 4.69) is 60.0 Å². The van der Waals surface area contributed by atoms with Gasteiger partial charge in [0, 0.05) is 3.57 Å². The predicted octanol–water partition coefficient (Wildman–Crippen LogP) is 5.00. The van der Waals surface area contributed by atoms with Crippen molar-refractivity contribution in [1.82, 2.24) is 0 Å². The molecule has 1 heteroatoms. The number of benzene rings is 2. The van der Waals surface area contributed by atoms with Crippen LogP contribution in [0.2, 0.25) is 0 Å². The van der Waals surface area contributed by atoms with Gasteiger partial charge in [0.15, 0.2) is 0 Å². The van der Waals surface area contributed by atoms with Gasteiger partial charge in [-0.2, -0.15) is 0 Å². The van der Waals surface area contributed by atoms with Crippen LogP contribution in [0.25, 0.3) is 11.6 Å². The predicted molar refractivity (Wildman–Crippen MR) is 83.8 cm³/mol. The van der Waals surface area contributed by atoms with Crippen molar-refractivity contribution in [2.75, 3.05) is 0 Å². The molecule has 2 rings (SSSR count). The third-order valence-corrected chi connectivity index (χ3v) is 3.61. The van der Waals surface area contributed by atoms with Crippen molar-refractivity contribution < 1.29 is 0 Å². The SMILES string of the molecule is C=Cc1cccc(C(=C)c2ccccc2I)c1. The van der Waals surface area contributed by atoms with Crippen molar-refractivity contribution in [2.45, 2.75) is 0 Å². The van der Waals surface area contributed by atoms with E-state index in [4.69, 9.17) is 0 Å². The summed E-state index contributed by atoms with van der Waals surface area (Å²) in [4.78, 5) is 0. The van der Waals surface area contributed by atoms with Crippen molar-refractivity contribution >= 4 is 34.2 Å². The molecule has 0 radical (unpaired) electrons. The summed E-state index contributed by atoms with van der Waals surface area (Å²) in [6.45, 7) is 7.98. The molecule has 0 heterocycles. The van der Waals surface area contributed by atoms with Gasteiger partial charge in [-0.1, -0.05) is 55.6 Å². The van der Waals surface area contributed by atoms with Gasteiger partial charge in [0.25, 0.3) is 0 Å². The molecule has 0 aliphatic carbocycles. The van der Waals surface area contributed by atoms with Gasteiger partial charge >= 0.3 is 0 Å². The normalized spacial score (nSPS) is 9.94. The molecule has 0 aliphatic heterocycles. The second kappa shape index (κ2) is 5.32. The van der Waals surface area contributed by atoms with Crippen LogP contribution < -0.4 is 0 Å². The lowest BCUT2D eigenvalue weighted by molar-refractivity contribution is 1.51. The maximum atomic E-state index is 4.19. The molecule has 17 heavy (non-hydrogen) atoms. The fourth-order valence-corrected chi connectivity index (χ4v) is 2.43. The molecule has 0 nitrogen and oxygen atoms in total. The Morgan fingerprint density at radius 1 is 1.06 bits per heavy atom. The summed E-state index contributed by atoms with van der Waals surface area (Å²) in [5.41, 5.74) is 4.51. The van der Waals surface area contributed by atoms with Gasteiger partial charge in [0.05, 0.1) is 0 Å². The Balaban J connectivity index is 2.44. The molecule has 0 fully saturated rings. The van der Waals surface area contributed by atoms with Crippen LogP contribution in [0.1, 0.15) is 16.7 Å². The van der Waals surface area contributed by atoms with Gasteiger partial charge in [-0.05, 0) is 57.0 Å². The van der Waals surface area contributed by atoms with E-state index < -0.39 is 0 Å². The molecule has 0 atom stereocenters. The molecule has 0 bridgehead atoms. The van der Waals surface area contributed by atoms with Crippen molar-refractivity contribution in [3.63, 3.8) is 0 Å². The van der Waals surface area contributed by atoms with E-state index in [0.717, 1.165) is 16.7 Å². The average molecular weight is 332 g/mol. The lowest BCUT2D eigenvalue weighted by Gasteiger charge is -2.09. The number of halogens is 1. The fraction of sp³-hybridized carbons (Fsp3) is 0. The highest BCUT2D eigenvalue weighted by Crippen LogP contribution is 2.26. The summed E-state index contributed by atoms with van der Waals surface area (Å²) in [6, 6.07) is 16.5. The standard InChI is InChI=1S/C16H13I/c1-3-13-7-6-8-14(11-13)12(2)15-9-4-5-10-16(15)17/h3-11H,1-2H2. The van der Waals surface area contributed by atoms with Crippen LogP contribution in [0.4, 0.5) is 0 Å². The van der Waals surface area contributed by atoms with E-state index in [9.17, 15) is 0 Å². The summed E-state index contributed by atoms with van der Waals surface area (Å²) in [5, 5.41) is 0. The minimum atomic E-state index is 1.05. The Morgan fingerprint density at radius 3 is 2.53 bits per heavy atom. The minimum Gasteiger partial charge on any atom is -0.0985 e. The topological polar surface area (TPSA) is 0 Å². The number of rotatable bonds is 3. The summed E-state index contributed by atoms with van der Waals surface area (Å²) < 4.78 is 1.22. The molecular formula is C16H13I. The van der Waals surface area contributed by atoms with Gasteiger partial charge in [-0.3, -0.25) is 0 Å². The van der Waals surface area contributed by atoms with Gasteiger partial charge in [0.2, 0.25) is 0 Å². The van der Waals surface area contributed by atoms with Gasteiger partial charge < -0.3 is 0 Å². The first kappa shape index (κ1) is 12.1. The summed E-state index contributed by atoms with van der Waals surface area (Å²) >= 11 is 2.34. The average Bonchev–Trinajstić information content (AvgIpc) is 2.38. The van der Waals surface area contributed by atoms with Crippen LogP contribution in [-0.2, 0) is 0 Å². The van der Waals surface area contributed by atoms with Crippen LogP contribution in [0.15, 0.2) is 61.7 Å². The second-order valence-corrected chi connectivity index (χ2v) is 4.95. The fourth-order valence-electron chi connectivity index (χ4n) is 1.71. The molecule has 0 saturated carbocycles. The quantitative estimate of drug-likeness (QED) is 0.694. The molecule has 0 amide bonds. The zero-order valence-corrected chi connectivity index (χ0v) is 11.6. The van der Waals surface area contributed by atoms with Gasteiger partial charge in [-0.15, -0.1) is 0 Å². The zero-order chi connectivity index (χ0) is 12.3. The summed E-state index contributed by atoms with van der Waals surface area (Å²) in [5.74, 6) is 0. The maximum Gasteiger partial charge on any atom is 0.0208 e. The number of hydrogen-bond acceptors (Lipinski definition) is 0. The first-order valence-electron chi connectivity index (χ1n) is 5.39. The lowest BCUT2D eigenvalue weighted by atomic mass is 9.98.